The monoisotopic (exact) mass is 172 g/mol. The van der Waals surface area contributed by atoms with Crippen molar-refractivity contribution >= 4 is 0 Å². The molecule has 2 aliphatic rings. The number of hydrogen-bond acceptors (Lipinski definition) is 4. The molecule has 0 aromatic rings. The van der Waals surface area contributed by atoms with Crippen LogP contribution < -0.4 is 11.1 Å². The molecule has 4 nitrogen and oxygen atoms in total. The van der Waals surface area contributed by atoms with Crippen molar-refractivity contribution in [3.8, 4) is 0 Å². The molecule has 12 heavy (non-hydrogen) atoms. The average Bonchev–Trinajstić information content (AvgIpc) is 2.01. The first-order valence-electron chi connectivity index (χ1n) is 4.46. The van der Waals surface area contributed by atoms with E-state index in [0.29, 0.717) is 19.7 Å². The lowest BCUT2D eigenvalue weighted by Gasteiger charge is -2.52. The fourth-order valence-electron chi connectivity index (χ4n) is 1.90. The van der Waals surface area contributed by atoms with Crippen LogP contribution in [0.3, 0.4) is 0 Å². The first-order valence-corrected chi connectivity index (χ1v) is 4.46. The van der Waals surface area contributed by atoms with Crippen molar-refractivity contribution in [1.82, 2.24) is 5.32 Å². The Hall–Kier alpha value is -0.160. The van der Waals surface area contributed by atoms with Crippen molar-refractivity contribution in [3.05, 3.63) is 0 Å². The first-order chi connectivity index (χ1) is 5.66. The molecule has 4 heteroatoms. The van der Waals surface area contributed by atoms with E-state index in [0.717, 1.165) is 19.4 Å². The molecule has 0 aromatic carbocycles. The highest BCUT2D eigenvalue weighted by molar-refractivity contribution is 5.12. The van der Waals surface area contributed by atoms with E-state index < -0.39 is 11.1 Å². The van der Waals surface area contributed by atoms with Crippen molar-refractivity contribution in [2.75, 3.05) is 26.3 Å². The molecule has 1 unspecified atom stereocenters. The van der Waals surface area contributed by atoms with Gasteiger partial charge in [-0.15, -0.1) is 0 Å². The molecule has 4 N–H and O–H groups in total. The second kappa shape index (κ2) is 2.67. The van der Waals surface area contributed by atoms with Crippen LogP contribution >= 0.6 is 0 Å². The Balaban J connectivity index is 2.07. The van der Waals surface area contributed by atoms with Gasteiger partial charge in [0, 0.05) is 19.7 Å². The van der Waals surface area contributed by atoms with Crippen LogP contribution in [0.2, 0.25) is 0 Å². The Morgan fingerprint density at radius 1 is 1.42 bits per heavy atom. The standard InChI is InChI=1S/C8H16N2O2/c9-7(4-10-5-7)8(11)2-1-3-12-6-8/h10-11H,1-6,9H2. The molecule has 0 radical (unpaired) electrons. The SMILES string of the molecule is NC1(C2(O)CCCOC2)CNC1. The van der Waals surface area contributed by atoms with E-state index in [1.807, 2.05) is 0 Å². The van der Waals surface area contributed by atoms with Gasteiger partial charge in [-0.1, -0.05) is 0 Å². The summed E-state index contributed by atoms with van der Waals surface area (Å²) in [6.07, 6.45) is 1.68. The van der Waals surface area contributed by atoms with Gasteiger partial charge in [-0.2, -0.15) is 0 Å². The number of aliphatic hydroxyl groups is 1. The molecule has 0 bridgehead atoms. The van der Waals surface area contributed by atoms with Gasteiger partial charge in [-0.05, 0) is 12.8 Å². The van der Waals surface area contributed by atoms with E-state index in [-0.39, 0.29) is 0 Å². The number of hydrogen-bond donors (Lipinski definition) is 3. The zero-order valence-corrected chi connectivity index (χ0v) is 7.18. The van der Waals surface area contributed by atoms with Crippen LogP contribution in [0.15, 0.2) is 0 Å². The molecule has 2 rings (SSSR count). The number of nitrogens with one attached hydrogen (secondary N) is 1. The lowest BCUT2D eigenvalue weighted by Crippen LogP contribution is -2.78. The zero-order chi connectivity index (χ0) is 8.66. The lowest BCUT2D eigenvalue weighted by atomic mass is 9.73. The van der Waals surface area contributed by atoms with E-state index in [1.54, 1.807) is 0 Å². The molecular formula is C8H16N2O2. The normalized spacial score (nSPS) is 40.5. The van der Waals surface area contributed by atoms with Gasteiger partial charge in [0.05, 0.1) is 12.1 Å². The minimum absolute atomic E-state index is 0.394. The third kappa shape index (κ3) is 1.07. The Morgan fingerprint density at radius 2 is 2.17 bits per heavy atom. The lowest BCUT2D eigenvalue weighted by molar-refractivity contribution is -0.141. The minimum atomic E-state index is -0.795. The van der Waals surface area contributed by atoms with Crippen LogP contribution in [0.1, 0.15) is 12.8 Å². The van der Waals surface area contributed by atoms with Gasteiger partial charge in [0.15, 0.2) is 0 Å². The second-order valence-corrected chi connectivity index (χ2v) is 3.95. The second-order valence-electron chi connectivity index (χ2n) is 3.95. The maximum Gasteiger partial charge on any atom is 0.108 e. The third-order valence-electron chi connectivity index (χ3n) is 3.03. The molecule has 0 aliphatic carbocycles. The Kier molecular flexibility index (Phi) is 1.88. The highest BCUT2D eigenvalue weighted by atomic mass is 16.5. The van der Waals surface area contributed by atoms with Gasteiger partial charge < -0.3 is 20.9 Å². The quantitative estimate of drug-likeness (QED) is 0.466. The van der Waals surface area contributed by atoms with Gasteiger partial charge in [-0.3, -0.25) is 0 Å². The largest absolute Gasteiger partial charge is 0.385 e. The number of nitrogens with two attached hydrogens (primary N) is 1. The van der Waals surface area contributed by atoms with E-state index >= 15 is 0 Å². The van der Waals surface area contributed by atoms with Crippen molar-refractivity contribution in [1.29, 1.82) is 0 Å². The molecular weight excluding hydrogens is 156 g/mol. The van der Waals surface area contributed by atoms with E-state index in [1.165, 1.54) is 0 Å². The van der Waals surface area contributed by atoms with Crippen LogP contribution in [0, 0.1) is 0 Å². The smallest absolute Gasteiger partial charge is 0.108 e. The fourth-order valence-corrected chi connectivity index (χ4v) is 1.90. The van der Waals surface area contributed by atoms with Crippen molar-refractivity contribution in [3.63, 3.8) is 0 Å². The molecule has 1 atom stereocenters. The summed E-state index contributed by atoms with van der Waals surface area (Å²) in [5, 5.41) is 13.2. The maximum atomic E-state index is 10.2. The predicted molar refractivity (Wildman–Crippen MR) is 44.8 cm³/mol. The molecule has 2 saturated heterocycles. The summed E-state index contributed by atoms with van der Waals surface area (Å²) in [6, 6.07) is 0. The highest BCUT2D eigenvalue weighted by Crippen LogP contribution is 2.31. The summed E-state index contributed by atoms with van der Waals surface area (Å²) in [6.45, 7) is 2.55. The zero-order valence-electron chi connectivity index (χ0n) is 7.18. The molecule has 0 saturated carbocycles. The van der Waals surface area contributed by atoms with Gasteiger partial charge >= 0.3 is 0 Å². The Labute approximate surface area is 72.1 Å². The van der Waals surface area contributed by atoms with Gasteiger partial charge in [0.25, 0.3) is 0 Å². The molecule has 0 spiro atoms. The van der Waals surface area contributed by atoms with Crippen molar-refractivity contribution in [2.24, 2.45) is 5.73 Å². The molecule has 0 amide bonds. The topological polar surface area (TPSA) is 67.5 Å². The predicted octanol–water partition coefficient (Wildman–Crippen LogP) is -1.17. The molecule has 2 fully saturated rings. The number of rotatable bonds is 1. The van der Waals surface area contributed by atoms with Gasteiger partial charge in [-0.25, -0.2) is 0 Å². The van der Waals surface area contributed by atoms with Crippen LogP contribution in [0.4, 0.5) is 0 Å². The minimum Gasteiger partial charge on any atom is -0.385 e. The fraction of sp³-hybridized carbons (Fsp3) is 1.00. The third-order valence-corrected chi connectivity index (χ3v) is 3.03. The summed E-state index contributed by atoms with van der Waals surface area (Å²) in [5.41, 5.74) is 4.77. The average molecular weight is 172 g/mol. The van der Waals surface area contributed by atoms with Crippen molar-refractivity contribution in [2.45, 2.75) is 24.0 Å². The maximum absolute atomic E-state index is 10.2. The van der Waals surface area contributed by atoms with Gasteiger partial charge in [0.1, 0.15) is 5.60 Å². The van der Waals surface area contributed by atoms with E-state index in [4.69, 9.17) is 10.5 Å². The number of ether oxygens (including phenoxy) is 1. The molecule has 70 valence electrons. The van der Waals surface area contributed by atoms with E-state index in [9.17, 15) is 5.11 Å². The highest BCUT2D eigenvalue weighted by Gasteiger charge is 2.52. The van der Waals surface area contributed by atoms with Gasteiger partial charge in [0.2, 0.25) is 0 Å². The van der Waals surface area contributed by atoms with Crippen LogP contribution in [-0.4, -0.2) is 42.5 Å². The summed E-state index contributed by atoms with van der Waals surface area (Å²) in [4.78, 5) is 0. The first kappa shape index (κ1) is 8.44. The molecule has 0 aromatic heterocycles. The Morgan fingerprint density at radius 3 is 2.58 bits per heavy atom. The van der Waals surface area contributed by atoms with Crippen LogP contribution in [0.25, 0.3) is 0 Å². The molecule has 2 aliphatic heterocycles. The van der Waals surface area contributed by atoms with Crippen LogP contribution in [0.5, 0.6) is 0 Å². The van der Waals surface area contributed by atoms with E-state index in [2.05, 4.69) is 5.32 Å². The van der Waals surface area contributed by atoms with Crippen LogP contribution in [-0.2, 0) is 4.74 Å². The summed E-state index contributed by atoms with van der Waals surface area (Å²) in [7, 11) is 0. The molecule has 2 heterocycles. The summed E-state index contributed by atoms with van der Waals surface area (Å²) >= 11 is 0. The van der Waals surface area contributed by atoms with Crippen molar-refractivity contribution < 1.29 is 9.84 Å². The summed E-state index contributed by atoms with van der Waals surface area (Å²) < 4.78 is 5.25. The Bertz CT molecular complexity index is 174. The summed E-state index contributed by atoms with van der Waals surface area (Å²) in [5.74, 6) is 0.